The average Bonchev–Trinajstić information content (AvgIpc) is 3.02. The summed E-state index contributed by atoms with van der Waals surface area (Å²) in [6.45, 7) is 2.05. The Morgan fingerprint density at radius 1 is 1.25 bits per heavy atom. The third-order valence-corrected chi connectivity index (χ3v) is 3.69. The van der Waals surface area contributed by atoms with Gasteiger partial charge in [0.05, 0.1) is 6.20 Å². The Balaban J connectivity index is 1.86. The number of rotatable bonds is 9. The molecule has 1 amide bonds. The fraction of sp³-hybridized carbons (Fsp3) is 0.412. The molecule has 1 unspecified atom stereocenters. The minimum Gasteiger partial charge on any atom is -0.476 e. The predicted molar refractivity (Wildman–Crippen MR) is 88.6 cm³/mol. The summed E-state index contributed by atoms with van der Waals surface area (Å²) in [6.07, 6.45) is 4.89. The van der Waals surface area contributed by atoms with Crippen LogP contribution in [0.15, 0.2) is 36.5 Å². The second-order valence-electron chi connectivity index (χ2n) is 5.68. The molecule has 1 aromatic heterocycles. The van der Waals surface area contributed by atoms with Crippen LogP contribution in [0.5, 0.6) is 0 Å². The van der Waals surface area contributed by atoms with Crippen LogP contribution < -0.4 is 5.32 Å². The molecule has 0 saturated heterocycles. The molecule has 2 aromatic rings. The first-order valence-corrected chi connectivity index (χ1v) is 8.05. The molecule has 0 bridgehead atoms. The molecule has 0 radical (unpaired) electrons. The van der Waals surface area contributed by atoms with Gasteiger partial charge in [-0.05, 0) is 24.8 Å². The highest BCUT2D eigenvalue weighted by atomic mass is 16.4. The molecule has 0 aliphatic rings. The van der Waals surface area contributed by atoms with Crippen molar-refractivity contribution >= 4 is 11.9 Å². The summed E-state index contributed by atoms with van der Waals surface area (Å²) in [4.78, 5) is 22.9. The van der Waals surface area contributed by atoms with Gasteiger partial charge in [-0.1, -0.05) is 48.9 Å². The van der Waals surface area contributed by atoms with E-state index in [-0.39, 0.29) is 24.2 Å². The van der Waals surface area contributed by atoms with Crippen LogP contribution in [0.25, 0.3) is 0 Å². The van der Waals surface area contributed by atoms with Gasteiger partial charge in [-0.15, -0.1) is 5.10 Å². The molecular weight excluding hydrogens is 308 g/mol. The van der Waals surface area contributed by atoms with Crippen LogP contribution in [0.1, 0.15) is 42.2 Å². The number of carboxylic acids is 1. The maximum Gasteiger partial charge on any atom is 0.358 e. The zero-order valence-corrected chi connectivity index (χ0v) is 13.7. The van der Waals surface area contributed by atoms with Gasteiger partial charge in [0.2, 0.25) is 5.91 Å². The molecule has 2 rings (SSSR count). The second-order valence-corrected chi connectivity index (χ2v) is 5.68. The smallest absolute Gasteiger partial charge is 0.358 e. The number of aryl methyl sites for hydroxylation is 1. The molecule has 1 atom stereocenters. The molecule has 0 saturated carbocycles. The average molecular weight is 330 g/mol. The summed E-state index contributed by atoms with van der Waals surface area (Å²) in [5.74, 6) is -1.35. The van der Waals surface area contributed by atoms with E-state index in [4.69, 9.17) is 5.11 Å². The molecule has 7 nitrogen and oxygen atoms in total. The van der Waals surface area contributed by atoms with Gasteiger partial charge in [-0.3, -0.25) is 4.79 Å². The van der Waals surface area contributed by atoms with Gasteiger partial charge in [-0.25, -0.2) is 9.48 Å². The maximum atomic E-state index is 12.1. The Labute approximate surface area is 140 Å². The Bertz CT molecular complexity index is 669. The van der Waals surface area contributed by atoms with E-state index >= 15 is 0 Å². The first-order chi connectivity index (χ1) is 11.6. The lowest BCUT2D eigenvalue weighted by molar-refractivity contribution is -0.122. The van der Waals surface area contributed by atoms with Crippen LogP contribution in [-0.2, 0) is 17.8 Å². The van der Waals surface area contributed by atoms with Gasteiger partial charge in [0.1, 0.15) is 6.54 Å². The van der Waals surface area contributed by atoms with Crippen LogP contribution in [0.4, 0.5) is 0 Å². The number of benzene rings is 1. The summed E-state index contributed by atoms with van der Waals surface area (Å²) < 4.78 is 1.24. The van der Waals surface area contributed by atoms with E-state index in [1.165, 1.54) is 16.4 Å². The van der Waals surface area contributed by atoms with Crippen molar-refractivity contribution in [3.63, 3.8) is 0 Å². The van der Waals surface area contributed by atoms with Crippen molar-refractivity contribution in [3.05, 3.63) is 47.8 Å². The number of hydrogen-bond donors (Lipinski definition) is 2. The van der Waals surface area contributed by atoms with Crippen LogP contribution in [0.3, 0.4) is 0 Å². The van der Waals surface area contributed by atoms with E-state index in [0.717, 1.165) is 25.7 Å². The molecule has 0 spiro atoms. The van der Waals surface area contributed by atoms with Gasteiger partial charge < -0.3 is 10.4 Å². The summed E-state index contributed by atoms with van der Waals surface area (Å²) in [6, 6.07) is 10.2. The lowest BCUT2D eigenvalue weighted by Crippen LogP contribution is -2.37. The fourth-order valence-corrected chi connectivity index (χ4v) is 2.52. The van der Waals surface area contributed by atoms with Gasteiger partial charge >= 0.3 is 5.97 Å². The second kappa shape index (κ2) is 8.81. The highest BCUT2D eigenvalue weighted by Gasteiger charge is 2.14. The number of aromatic nitrogens is 3. The lowest BCUT2D eigenvalue weighted by atomic mass is 10.0. The van der Waals surface area contributed by atoms with Gasteiger partial charge in [0.15, 0.2) is 5.69 Å². The highest BCUT2D eigenvalue weighted by Crippen LogP contribution is 2.09. The Kier molecular flexibility index (Phi) is 6.48. The van der Waals surface area contributed by atoms with E-state index < -0.39 is 5.97 Å². The zero-order valence-electron chi connectivity index (χ0n) is 13.7. The maximum absolute atomic E-state index is 12.1. The Morgan fingerprint density at radius 3 is 2.62 bits per heavy atom. The summed E-state index contributed by atoms with van der Waals surface area (Å²) in [5.41, 5.74) is 1.08. The standard InChI is InChI=1S/C17H22N4O3/c1-2-6-14(10-9-13-7-4-3-5-8-13)18-16(22)12-21-11-15(17(23)24)19-20-21/h3-5,7-8,11,14H,2,6,9-10,12H2,1H3,(H,18,22)(H,23,24). The first kappa shape index (κ1) is 17.7. The van der Waals surface area contributed by atoms with E-state index in [9.17, 15) is 9.59 Å². The van der Waals surface area contributed by atoms with Gasteiger partial charge in [0, 0.05) is 6.04 Å². The van der Waals surface area contributed by atoms with Crippen molar-refractivity contribution in [2.24, 2.45) is 0 Å². The van der Waals surface area contributed by atoms with E-state index in [1.807, 2.05) is 18.2 Å². The lowest BCUT2D eigenvalue weighted by Gasteiger charge is -2.18. The summed E-state index contributed by atoms with van der Waals surface area (Å²) >= 11 is 0. The van der Waals surface area contributed by atoms with Crippen molar-refractivity contribution in [3.8, 4) is 0 Å². The van der Waals surface area contributed by atoms with Crippen LogP contribution >= 0.6 is 0 Å². The number of carbonyl (C=O) groups excluding carboxylic acids is 1. The zero-order chi connectivity index (χ0) is 17.4. The molecule has 0 aliphatic carbocycles. The molecule has 1 aromatic carbocycles. The molecule has 1 heterocycles. The molecule has 128 valence electrons. The van der Waals surface area contributed by atoms with Gasteiger partial charge in [-0.2, -0.15) is 0 Å². The molecule has 7 heteroatoms. The minimum absolute atomic E-state index is 0.0359. The van der Waals surface area contributed by atoms with Crippen LogP contribution in [-0.4, -0.2) is 38.0 Å². The van der Waals surface area contributed by atoms with E-state index in [2.05, 4.69) is 34.7 Å². The minimum atomic E-state index is -1.16. The van der Waals surface area contributed by atoms with Crippen LogP contribution in [0, 0.1) is 0 Å². The van der Waals surface area contributed by atoms with Crippen molar-refractivity contribution in [2.75, 3.05) is 0 Å². The van der Waals surface area contributed by atoms with Crippen molar-refractivity contribution in [2.45, 2.75) is 45.2 Å². The number of carbonyl (C=O) groups is 2. The SMILES string of the molecule is CCCC(CCc1ccccc1)NC(=O)Cn1cc(C(=O)O)nn1. The van der Waals surface area contributed by atoms with Crippen LogP contribution in [0.2, 0.25) is 0 Å². The Hall–Kier alpha value is -2.70. The number of hydrogen-bond acceptors (Lipinski definition) is 4. The number of aromatic carboxylic acids is 1. The number of carboxylic acid groups (broad SMARTS) is 1. The number of amides is 1. The van der Waals surface area contributed by atoms with Crippen molar-refractivity contribution < 1.29 is 14.7 Å². The number of nitrogens with zero attached hydrogens (tertiary/aromatic N) is 3. The number of nitrogens with one attached hydrogen (secondary N) is 1. The third-order valence-electron chi connectivity index (χ3n) is 3.69. The molecule has 0 aliphatic heterocycles. The van der Waals surface area contributed by atoms with Gasteiger partial charge in [0.25, 0.3) is 0 Å². The predicted octanol–water partition coefficient (Wildman–Crippen LogP) is 1.89. The monoisotopic (exact) mass is 330 g/mol. The quantitative estimate of drug-likeness (QED) is 0.732. The molecule has 0 fully saturated rings. The molecular formula is C17H22N4O3. The normalized spacial score (nSPS) is 11.9. The van der Waals surface area contributed by atoms with Crippen molar-refractivity contribution in [1.82, 2.24) is 20.3 Å². The molecule has 24 heavy (non-hydrogen) atoms. The van der Waals surface area contributed by atoms with E-state index in [1.54, 1.807) is 0 Å². The Morgan fingerprint density at radius 2 is 2.00 bits per heavy atom. The summed E-state index contributed by atoms with van der Waals surface area (Å²) in [5, 5.41) is 19.0. The first-order valence-electron chi connectivity index (χ1n) is 8.05. The molecule has 2 N–H and O–H groups in total. The highest BCUT2D eigenvalue weighted by molar-refractivity contribution is 5.84. The van der Waals surface area contributed by atoms with Crippen molar-refractivity contribution in [1.29, 1.82) is 0 Å². The third kappa shape index (κ3) is 5.49. The fourth-order valence-electron chi connectivity index (χ4n) is 2.52. The summed E-state index contributed by atoms with van der Waals surface area (Å²) in [7, 11) is 0. The topological polar surface area (TPSA) is 97.1 Å². The largest absolute Gasteiger partial charge is 0.476 e. The van der Waals surface area contributed by atoms with E-state index in [0.29, 0.717) is 0 Å².